The van der Waals surface area contributed by atoms with Gasteiger partial charge in [0.05, 0.1) is 11.4 Å². The molecule has 1 aromatic carbocycles. The third-order valence-corrected chi connectivity index (χ3v) is 3.52. The second-order valence-corrected chi connectivity index (χ2v) is 5.36. The summed E-state index contributed by atoms with van der Waals surface area (Å²) >= 11 is 0.950. The lowest BCUT2D eigenvalue weighted by atomic mass is 10.1. The summed E-state index contributed by atoms with van der Waals surface area (Å²) in [6.45, 7) is 3.77. The first-order valence-corrected chi connectivity index (χ1v) is 6.88. The smallest absolute Gasteiger partial charge is 0.339 e. The Morgan fingerprint density at radius 1 is 1.33 bits per heavy atom. The second-order valence-electron chi connectivity index (χ2n) is 4.60. The van der Waals surface area contributed by atoms with Gasteiger partial charge in [0.1, 0.15) is 10.4 Å². The summed E-state index contributed by atoms with van der Waals surface area (Å²) in [5.74, 6) is -2.21. The molecule has 1 aromatic heterocycles. The van der Waals surface area contributed by atoms with Gasteiger partial charge in [-0.15, -0.1) is 5.10 Å². The molecule has 0 bridgehead atoms. The Labute approximate surface area is 124 Å². The van der Waals surface area contributed by atoms with Crippen LogP contribution in [0, 0.1) is 0 Å². The van der Waals surface area contributed by atoms with Crippen molar-refractivity contribution < 1.29 is 19.8 Å². The Hall–Kier alpha value is -2.48. The topological polar surface area (TPSA) is 112 Å². The molecule has 1 amide bonds. The highest BCUT2D eigenvalue weighted by atomic mass is 32.1. The van der Waals surface area contributed by atoms with Crippen LogP contribution in [0.3, 0.4) is 0 Å². The van der Waals surface area contributed by atoms with E-state index in [1.165, 1.54) is 18.2 Å². The number of anilines is 1. The zero-order valence-corrected chi connectivity index (χ0v) is 12.1. The molecule has 3 N–H and O–H groups in total. The fraction of sp³-hybridized carbons (Fsp3) is 0.231. The number of aromatic hydroxyl groups is 1. The van der Waals surface area contributed by atoms with Crippen LogP contribution in [-0.2, 0) is 0 Å². The van der Waals surface area contributed by atoms with Gasteiger partial charge in [0.15, 0.2) is 5.75 Å². The van der Waals surface area contributed by atoms with Gasteiger partial charge in [-0.25, -0.2) is 4.79 Å². The molecule has 2 aromatic rings. The maximum absolute atomic E-state index is 12.2. The van der Waals surface area contributed by atoms with Crippen molar-refractivity contribution in [1.29, 1.82) is 0 Å². The van der Waals surface area contributed by atoms with E-state index in [1.54, 1.807) is 0 Å². The number of para-hydroxylation sites is 1. The Bertz CT molecular complexity index is 696. The van der Waals surface area contributed by atoms with Gasteiger partial charge in [0.2, 0.25) is 0 Å². The van der Waals surface area contributed by atoms with Crippen LogP contribution < -0.4 is 5.32 Å². The van der Waals surface area contributed by atoms with E-state index in [0.29, 0.717) is 10.6 Å². The molecule has 0 fully saturated rings. The zero-order valence-electron chi connectivity index (χ0n) is 11.3. The molecule has 0 saturated carbocycles. The number of hydrogen-bond acceptors (Lipinski definition) is 6. The molecule has 0 saturated heterocycles. The van der Waals surface area contributed by atoms with Gasteiger partial charge in [0.25, 0.3) is 5.91 Å². The van der Waals surface area contributed by atoms with Crippen LogP contribution in [-0.4, -0.2) is 31.7 Å². The molecule has 0 atom stereocenters. The van der Waals surface area contributed by atoms with Gasteiger partial charge < -0.3 is 15.5 Å². The number of carboxylic acid groups (broad SMARTS) is 1. The summed E-state index contributed by atoms with van der Waals surface area (Å²) in [5, 5.41) is 25.2. The van der Waals surface area contributed by atoms with Crippen LogP contribution in [0.4, 0.5) is 5.69 Å². The van der Waals surface area contributed by atoms with Crippen LogP contribution in [0.15, 0.2) is 18.2 Å². The van der Waals surface area contributed by atoms with Gasteiger partial charge in [-0.05, 0) is 29.6 Å². The summed E-state index contributed by atoms with van der Waals surface area (Å²) in [5.41, 5.74) is 0.314. The maximum atomic E-state index is 12.2. The lowest BCUT2D eigenvalue weighted by Crippen LogP contribution is -2.13. The fourth-order valence-electron chi connectivity index (χ4n) is 1.73. The van der Waals surface area contributed by atoms with Crippen molar-refractivity contribution in [3.63, 3.8) is 0 Å². The van der Waals surface area contributed by atoms with Crippen molar-refractivity contribution in [3.8, 4) is 5.75 Å². The molecule has 8 heteroatoms. The van der Waals surface area contributed by atoms with Crippen molar-refractivity contribution in [2.75, 3.05) is 5.32 Å². The first-order chi connectivity index (χ1) is 9.91. The zero-order chi connectivity index (χ0) is 15.6. The molecule has 1 heterocycles. The molecule has 0 aliphatic heterocycles. The third kappa shape index (κ3) is 3.00. The minimum Gasteiger partial charge on any atom is -0.505 e. The number of aromatic carboxylic acids is 1. The number of benzene rings is 1. The van der Waals surface area contributed by atoms with E-state index in [0.717, 1.165) is 11.5 Å². The molecule has 2 rings (SSSR count). The molecule has 0 aliphatic rings. The monoisotopic (exact) mass is 307 g/mol. The van der Waals surface area contributed by atoms with Crippen molar-refractivity contribution in [2.24, 2.45) is 0 Å². The summed E-state index contributed by atoms with van der Waals surface area (Å²) in [6, 6.07) is 4.11. The number of aromatic nitrogens is 2. The Kier molecular flexibility index (Phi) is 4.18. The van der Waals surface area contributed by atoms with Crippen molar-refractivity contribution in [3.05, 3.63) is 34.3 Å². The van der Waals surface area contributed by atoms with E-state index in [4.69, 9.17) is 5.11 Å². The SMILES string of the molecule is CC(C)c1nnsc1C(=O)Nc1cccc(C(=O)O)c1O. The highest BCUT2D eigenvalue weighted by Crippen LogP contribution is 2.29. The quantitative estimate of drug-likeness (QED) is 0.747. The molecule has 0 unspecified atom stereocenters. The minimum atomic E-state index is -1.27. The van der Waals surface area contributed by atoms with Gasteiger partial charge in [-0.2, -0.15) is 0 Å². The molecule has 21 heavy (non-hydrogen) atoms. The standard InChI is InChI=1S/C13H13N3O4S/c1-6(2)9-11(21-16-15-9)12(18)14-8-5-3-4-7(10(8)17)13(19)20/h3-6,17H,1-2H3,(H,14,18)(H,19,20). The molecule has 7 nitrogen and oxygen atoms in total. The third-order valence-electron chi connectivity index (χ3n) is 2.78. The molecule has 0 aliphatic carbocycles. The van der Waals surface area contributed by atoms with Gasteiger partial charge in [-0.3, -0.25) is 4.79 Å². The largest absolute Gasteiger partial charge is 0.505 e. The highest BCUT2D eigenvalue weighted by Gasteiger charge is 2.21. The average Bonchev–Trinajstić information content (AvgIpc) is 2.90. The number of nitrogens with zero attached hydrogens (tertiary/aromatic N) is 2. The summed E-state index contributed by atoms with van der Waals surface area (Å²) < 4.78 is 3.75. The van der Waals surface area contributed by atoms with Crippen LogP contribution >= 0.6 is 11.5 Å². The molecule has 110 valence electrons. The fourth-order valence-corrected chi connectivity index (χ4v) is 2.44. The van der Waals surface area contributed by atoms with E-state index in [9.17, 15) is 14.7 Å². The van der Waals surface area contributed by atoms with E-state index in [-0.39, 0.29) is 17.2 Å². The van der Waals surface area contributed by atoms with Crippen LogP contribution in [0.2, 0.25) is 0 Å². The number of rotatable bonds is 4. The number of amides is 1. The Morgan fingerprint density at radius 2 is 2.05 bits per heavy atom. The van der Waals surface area contributed by atoms with E-state index < -0.39 is 17.6 Å². The summed E-state index contributed by atoms with van der Waals surface area (Å²) in [6.07, 6.45) is 0. The van der Waals surface area contributed by atoms with E-state index in [1.807, 2.05) is 13.8 Å². The number of nitrogens with one attached hydrogen (secondary N) is 1. The van der Waals surface area contributed by atoms with Crippen LogP contribution in [0.25, 0.3) is 0 Å². The first kappa shape index (κ1) is 14.9. The predicted octanol–water partition coefficient (Wildman–Crippen LogP) is 2.32. The molecule has 0 spiro atoms. The van der Waals surface area contributed by atoms with Crippen molar-refractivity contribution in [2.45, 2.75) is 19.8 Å². The lowest BCUT2D eigenvalue weighted by molar-refractivity contribution is 0.0693. The number of carbonyl (C=O) groups is 2. The number of hydrogen-bond donors (Lipinski definition) is 3. The summed E-state index contributed by atoms with van der Waals surface area (Å²) in [4.78, 5) is 23.5. The van der Waals surface area contributed by atoms with Crippen molar-refractivity contribution in [1.82, 2.24) is 9.59 Å². The Balaban J connectivity index is 2.30. The second kappa shape index (κ2) is 5.88. The number of carboxylic acids is 1. The first-order valence-electron chi connectivity index (χ1n) is 6.10. The summed E-state index contributed by atoms with van der Waals surface area (Å²) in [7, 11) is 0. The van der Waals surface area contributed by atoms with Crippen molar-refractivity contribution >= 4 is 29.1 Å². The van der Waals surface area contributed by atoms with E-state index >= 15 is 0 Å². The van der Waals surface area contributed by atoms with Gasteiger partial charge in [-0.1, -0.05) is 24.4 Å². The van der Waals surface area contributed by atoms with Gasteiger partial charge in [0, 0.05) is 0 Å². The van der Waals surface area contributed by atoms with E-state index in [2.05, 4.69) is 14.9 Å². The van der Waals surface area contributed by atoms with Crippen LogP contribution in [0.5, 0.6) is 5.75 Å². The highest BCUT2D eigenvalue weighted by molar-refractivity contribution is 7.08. The average molecular weight is 307 g/mol. The minimum absolute atomic E-state index is 0.0306. The number of phenols is 1. The maximum Gasteiger partial charge on any atom is 0.339 e. The Morgan fingerprint density at radius 3 is 2.67 bits per heavy atom. The van der Waals surface area contributed by atoms with Gasteiger partial charge >= 0.3 is 5.97 Å². The molecular weight excluding hydrogens is 294 g/mol. The molecular formula is C13H13N3O4S. The number of carbonyl (C=O) groups excluding carboxylic acids is 1. The lowest BCUT2D eigenvalue weighted by Gasteiger charge is -2.09. The molecule has 0 radical (unpaired) electrons. The van der Waals surface area contributed by atoms with Crippen LogP contribution in [0.1, 0.15) is 45.5 Å². The normalized spacial score (nSPS) is 10.6. The predicted molar refractivity (Wildman–Crippen MR) is 77.0 cm³/mol.